The molecule has 1 aliphatic carbocycles. The highest BCUT2D eigenvalue weighted by Crippen LogP contribution is 2.27. The molecule has 0 saturated heterocycles. The van der Waals surface area contributed by atoms with E-state index in [2.05, 4.69) is 34.2 Å². The normalized spacial score (nSPS) is 13.2. The fourth-order valence-electron chi connectivity index (χ4n) is 2.38. The number of ether oxygens (including phenoxy) is 1. The molecule has 0 spiro atoms. The summed E-state index contributed by atoms with van der Waals surface area (Å²) in [5.41, 5.74) is 1.61. The van der Waals surface area contributed by atoms with E-state index in [0.717, 1.165) is 17.9 Å². The van der Waals surface area contributed by atoms with E-state index in [1.165, 1.54) is 31.4 Å². The Hall–Kier alpha value is -2.47. The highest BCUT2D eigenvalue weighted by molar-refractivity contribution is 7.78. The molecule has 0 heterocycles. The van der Waals surface area contributed by atoms with Crippen LogP contribution in [-0.2, 0) is 0 Å². The van der Waals surface area contributed by atoms with E-state index in [-0.39, 0.29) is 5.69 Å². The minimum absolute atomic E-state index is 0.170. The van der Waals surface area contributed by atoms with E-state index in [9.17, 15) is 4.39 Å². The lowest BCUT2D eigenvalue weighted by Gasteiger charge is -2.25. The van der Waals surface area contributed by atoms with Crippen LogP contribution in [-0.4, -0.2) is 11.8 Å². The lowest BCUT2D eigenvalue weighted by atomic mass is 9.86. The van der Waals surface area contributed by atoms with Gasteiger partial charge in [-0.2, -0.15) is 4.99 Å². The van der Waals surface area contributed by atoms with E-state index in [1.807, 2.05) is 24.3 Å². The Morgan fingerprint density at radius 3 is 2.42 bits per heavy atom. The number of nitrogens with zero attached hydrogens (tertiary/aromatic N) is 1. The maximum atomic E-state index is 13.7. The van der Waals surface area contributed by atoms with Crippen molar-refractivity contribution >= 4 is 23.1 Å². The maximum Gasteiger partial charge on any atom is 0.150 e. The molecule has 1 saturated carbocycles. The zero-order chi connectivity index (χ0) is 16.8. The largest absolute Gasteiger partial charge is 0.493 e. The minimum Gasteiger partial charge on any atom is -0.493 e. The smallest absolute Gasteiger partial charge is 0.150 e. The van der Waals surface area contributed by atoms with Crippen LogP contribution < -0.4 is 4.74 Å². The van der Waals surface area contributed by atoms with Gasteiger partial charge in [-0.05, 0) is 73.4 Å². The predicted octanol–water partition coefficient (Wildman–Crippen LogP) is 5.14. The number of isothiocyanates is 1. The molecule has 0 amide bonds. The number of hydrogen-bond acceptors (Lipinski definition) is 3. The van der Waals surface area contributed by atoms with E-state index < -0.39 is 5.82 Å². The quantitative estimate of drug-likeness (QED) is 0.438. The molecule has 0 bridgehead atoms. The lowest BCUT2D eigenvalue weighted by molar-refractivity contribution is 0.180. The molecule has 24 heavy (non-hydrogen) atoms. The van der Waals surface area contributed by atoms with Gasteiger partial charge in [0.25, 0.3) is 0 Å². The van der Waals surface area contributed by atoms with Crippen molar-refractivity contribution in [3.8, 4) is 17.6 Å². The molecular weight excluding hydrogens is 321 g/mol. The first kappa shape index (κ1) is 16.4. The van der Waals surface area contributed by atoms with Gasteiger partial charge in [-0.3, -0.25) is 0 Å². The Morgan fingerprint density at radius 1 is 1.08 bits per heavy atom. The molecule has 0 atom stereocenters. The molecule has 2 aromatic carbocycles. The first-order valence-corrected chi connectivity index (χ1v) is 8.28. The van der Waals surface area contributed by atoms with E-state index in [0.29, 0.717) is 11.5 Å². The Balaban J connectivity index is 1.64. The molecule has 0 radical (unpaired) electrons. The van der Waals surface area contributed by atoms with Crippen LogP contribution in [0.15, 0.2) is 47.5 Å². The molecule has 0 unspecified atom stereocenters. The molecule has 0 N–H and O–H groups in total. The second-order valence-corrected chi connectivity index (χ2v) is 5.93. The number of benzene rings is 2. The van der Waals surface area contributed by atoms with Crippen molar-refractivity contribution in [1.82, 2.24) is 0 Å². The van der Waals surface area contributed by atoms with Gasteiger partial charge in [0.15, 0.2) is 5.82 Å². The maximum absolute atomic E-state index is 13.7. The Morgan fingerprint density at radius 2 is 1.79 bits per heavy atom. The number of hydrogen-bond donors (Lipinski definition) is 0. The summed E-state index contributed by atoms with van der Waals surface area (Å²) in [5, 5.41) is 2.15. The highest BCUT2D eigenvalue weighted by Gasteiger charge is 2.17. The third kappa shape index (κ3) is 4.29. The fraction of sp³-hybridized carbons (Fsp3) is 0.250. The van der Waals surface area contributed by atoms with Crippen molar-refractivity contribution in [2.24, 2.45) is 10.9 Å². The molecule has 1 fully saturated rings. The van der Waals surface area contributed by atoms with Crippen LogP contribution in [0.2, 0.25) is 0 Å². The Labute approximate surface area is 146 Å². The summed E-state index contributed by atoms with van der Waals surface area (Å²) in [7, 11) is 0. The molecule has 3 rings (SSSR count). The number of rotatable bonds is 4. The van der Waals surface area contributed by atoms with Crippen molar-refractivity contribution in [1.29, 1.82) is 0 Å². The van der Waals surface area contributed by atoms with E-state index in [4.69, 9.17) is 4.74 Å². The van der Waals surface area contributed by atoms with Crippen LogP contribution in [0.4, 0.5) is 10.1 Å². The van der Waals surface area contributed by atoms with Crippen LogP contribution in [0.1, 0.15) is 30.4 Å². The molecule has 2 nitrogen and oxygen atoms in total. The summed E-state index contributed by atoms with van der Waals surface area (Å²) in [6, 6.07) is 12.2. The summed E-state index contributed by atoms with van der Waals surface area (Å²) < 4.78 is 19.5. The van der Waals surface area contributed by atoms with Gasteiger partial charge in [0.2, 0.25) is 0 Å². The van der Waals surface area contributed by atoms with Crippen LogP contribution in [0.3, 0.4) is 0 Å². The third-order valence-corrected chi connectivity index (χ3v) is 4.12. The van der Waals surface area contributed by atoms with Gasteiger partial charge in [-0.15, -0.1) is 0 Å². The zero-order valence-corrected chi connectivity index (χ0v) is 13.9. The lowest BCUT2D eigenvalue weighted by Crippen LogP contribution is -2.19. The predicted molar refractivity (Wildman–Crippen MR) is 96.3 cm³/mol. The highest BCUT2D eigenvalue weighted by atomic mass is 32.1. The van der Waals surface area contributed by atoms with Crippen LogP contribution >= 0.6 is 12.2 Å². The van der Waals surface area contributed by atoms with Crippen molar-refractivity contribution in [2.75, 3.05) is 6.61 Å². The molecule has 0 aromatic heterocycles. The van der Waals surface area contributed by atoms with Gasteiger partial charge in [-0.1, -0.05) is 18.3 Å². The second kappa shape index (κ2) is 7.88. The first-order chi connectivity index (χ1) is 11.7. The second-order valence-electron chi connectivity index (χ2n) is 5.75. The number of aliphatic imine (C=N–C) groups is 1. The Bertz CT molecular complexity index is 825. The van der Waals surface area contributed by atoms with Crippen LogP contribution in [0.5, 0.6) is 5.75 Å². The molecular formula is C20H16FNOS. The topological polar surface area (TPSA) is 21.6 Å². The van der Waals surface area contributed by atoms with Gasteiger partial charge >= 0.3 is 0 Å². The van der Waals surface area contributed by atoms with E-state index in [1.54, 1.807) is 6.07 Å². The standard InChI is InChI=1S/C20H16FNOS/c21-19-12-16(8-11-20(19)22-14-24)5-4-15-6-9-18(10-7-15)23-13-17-2-1-3-17/h6-12,17H,1-3,13H2. The molecule has 2 aromatic rings. The third-order valence-electron chi connectivity index (χ3n) is 4.03. The summed E-state index contributed by atoms with van der Waals surface area (Å²) in [6.07, 6.45) is 3.87. The molecule has 1 aliphatic rings. The minimum atomic E-state index is -0.459. The van der Waals surface area contributed by atoms with Gasteiger partial charge in [0.1, 0.15) is 11.4 Å². The van der Waals surface area contributed by atoms with Crippen LogP contribution in [0, 0.1) is 23.6 Å². The van der Waals surface area contributed by atoms with E-state index >= 15 is 0 Å². The molecule has 0 aliphatic heterocycles. The number of thiocarbonyl (C=S) groups is 1. The molecule has 4 heteroatoms. The first-order valence-electron chi connectivity index (χ1n) is 7.87. The fourth-order valence-corrected chi connectivity index (χ4v) is 2.48. The summed E-state index contributed by atoms with van der Waals surface area (Å²) in [5.74, 6) is 7.07. The van der Waals surface area contributed by atoms with Gasteiger partial charge in [0.05, 0.1) is 11.8 Å². The SMILES string of the molecule is Fc1cc(C#Cc2ccc(OCC3CCC3)cc2)ccc1N=C=S. The van der Waals surface area contributed by atoms with Gasteiger partial charge in [0, 0.05) is 11.1 Å². The Kier molecular flexibility index (Phi) is 5.38. The average Bonchev–Trinajstić information content (AvgIpc) is 2.55. The van der Waals surface area contributed by atoms with Crippen molar-refractivity contribution in [3.63, 3.8) is 0 Å². The van der Waals surface area contributed by atoms with Gasteiger partial charge in [-0.25, -0.2) is 4.39 Å². The zero-order valence-electron chi connectivity index (χ0n) is 13.1. The van der Waals surface area contributed by atoms with Crippen molar-refractivity contribution in [3.05, 3.63) is 59.4 Å². The van der Waals surface area contributed by atoms with Crippen molar-refractivity contribution < 1.29 is 9.13 Å². The summed E-state index contributed by atoms with van der Waals surface area (Å²) in [6.45, 7) is 0.793. The summed E-state index contributed by atoms with van der Waals surface area (Å²) in [4.78, 5) is 3.64. The molecule has 120 valence electrons. The van der Waals surface area contributed by atoms with Gasteiger partial charge < -0.3 is 4.74 Å². The van der Waals surface area contributed by atoms with Crippen LogP contribution in [0.25, 0.3) is 0 Å². The monoisotopic (exact) mass is 337 g/mol. The van der Waals surface area contributed by atoms with Crippen molar-refractivity contribution in [2.45, 2.75) is 19.3 Å². The number of halogens is 1. The summed E-state index contributed by atoms with van der Waals surface area (Å²) >= 11 is 4.47. The average molecular weight is 337 g/mol.